The van der Waals surface area contributed by atoms with Crippen molar-refractivity contribution in [1.82, 2.24) is 16.0 Å². The summed E-state index contributed by atoms with van der Waals surface area (Å²) in [4.78, 5) is 50.3. The third-order valence-electron chi connectivity index (χ3n) is 5.91. The highest BCUT2D eigenvalue weighted by molar-refractivity contribution is 5.94. The maximum Gasteiger partial charge on any atom is 0.326 e. The number of amides is 3. The molecule has 6 N–H and O–H groups in total. The van der Waals surface area contributed by atoms with E-state index in [1.165, 1.54) is 0 Å². The minimum atomic E-state index is -1.14. The largest absolute Gasteiger partial charge is 0.480 e. The Bertz CT molecular complexity index is 828. The molecule has 1 aromatic carbocycles. The maximum absolute atomic E-state index is 13.2. The second-order valence-electron chi connectivity index (χ2n) is 9.47. The average molecular weight is 477 g/mol. The van der Waals surface area contributed by atoms with E-state index in [-0.39, 0.29) is 17.8 Å². The van der Waals surface area contributed by atoms with Crippen molar-refractivity contribution in [2.24, 2.45) is 23.5 Å². The van der Waals surface area contributed by atoms with E-state index in [1.807, 2.05) is 44.2 Å². The molecule has 0 bridgehead atoms. The first-order valence-corrected chi connectivity index (χ1v) is 11.8. The van der Waals surface area contributed by atoms with Gasteiger partial charge in [-0.2, -0.15) is 0 Å². The van der Waals surface area contributed by atoms with Crippen molar-refractivity contribution in [3.8, 4) is 0 Å². The van der Waals surface area contributed by atoms with Crippen LogP contribution in [0.2, 0.25) is 0 Å². The van der Waals surface area contributed by atoms with E-state index in [0.717, 1.165) is 5.56 Å². The summed E-state index contributed by atoms with van der Waals surface area (Å²) >= 11 is 0. The van der Waals surface area contributed by atoms with Gasteiger partial charge >= 0.3 is 5.97 Å². The van der Waals surface area contributed by atoms with Gasteiger partial charge in [-0.05, 0) is 29.7 Å². The molecule has 0 aromatic heterocycles. The predicted molar refractivity (Wildman–Crippen MR) is 131 cm³/mol. The first kappa shape index (κ1) is 29.1. The van der Waals surface area contributed by atoms with Crippen LogP contribution in [0.5, 0.6) is 0 Å². The molecule has 9 nitrogen and oxygen atoms in total. The van der Waals surface area contributed by atoms with Crippen LogP contribution in [0.15, 0.2) is 30.3 Å². The first-order valence-electron chi connectivity index (χ1n) is 11.8. The summed E-state index contributed by atoms with van der Waals surface area (Å²) in [6.07, 6.45) is 0.934. The fourth-order valence-corrected chi connectivity index (χ4v) is 3.46. The molecule has 1 aromatic rings. The van der Waals surface area contributed by atoms with Gasteiger partial charge < -0.3 is 26.8 Å². The van der Waals surface area contributed by atoms with Crippen LogP contribution in [-0.2, 0) is 25.6 Å². The number of benzene rings is 1. The van der Waals surface area contributed by atoms with Crippen molar-refractivity contribution in [2.75, 3.05) is 0 Å². The lowest BCUT2D eigenvalue weighted by atomic mass is 9.95. The van der Waals surface area contributed by atoms with E-state index in [1.54, 1.807) is 27.7 Å². The standard InChI is InChI=1S/C25H40N4O5/c1-7-16(6)21(29-22(30)18(26)13-17-11-9-8-10-12-17)24(32)27-19(14(2)3)23(31)28-20(15(4)5)25(33)34/h8-12,14-16,18-21H,7,13,26H2,1-6H3,(H,27,32)(H,28,31)(H,29,30)(H,33,34). The predicted octanol–water partition coefficient (Wildman–Crippen LogP) is 1.45. The quantitative estimate of drug-likeness (QED) is 0.291. The molecule has 0 aliphatic rings. The fraction of sp³-hybridized carbons (Fsp3) is 0.600. The van der Waals surface area contributed by atoms with Gasteiger partial charge in [0.1, 0.15) is 18.1 Å². The molecule has 9 heteroatoms. The zero-order valence-electron chi connectivity index (χ0n) is 21.0. The summed E-state index contributed by atoms with van der Waals surface area (Å²) in [6.45, 7) is 10.6. The Balaban J connectivity index is 2.95. The van der Waals surface area contributed by atoms with Crippen LogP contribution in [0.4, 0.5) is 0 Å². The topological polar surface area (TPSA) is 151 Å². The van der Waals surface area contributed by atoms with Crippen LogP contribution in [0.25, 0.3) is 0 Å². The summed E-state index contributed by atoms with van der Waals surface area (Å²) in [6, 6.07) is 5.57. The minimum Gasteiger partial charge on any atom is -0.480 e. The Morgan fingerprint density at radius 3 is 1.74 bits per heavy atom. The van der Waals surface area contributed by atoms with Gasteiger partial charge in [0, 0.05) is 0 Å². The molecule has 5 atom stereocenters. The van der Waals surface area contributed by atoms with Gasteiger partial charge in [0.15, 0.2) is 0 Å². The van der Waals surface area contributed by atoms with Crippen LogP contribution >= 0.6 is 0 Å². The van der Waals surface area contributed by atoms with E-state index in [2.05, 4.69) is 16.0 Å². The number of carbonyl (C=O) groups is 4. The van der Waals surface area contributed by atoms with Crippen molar-refractivity contribution in [3.05, 3.63) is 35.9 Å². The van der Waals surface area contributed by atoms with Crippen molar-refractivity contribution in [3.63, 3.8) is 0 Å². The normalized spacial score (nSPS) is 15.7. The molecule has 1 rings (SSSR count). The Hall–Kier alpha value is -2.94. The second kappa shape index (κ2) is 13.7. The third kappa shape index (κ3) is 8.78. The molecule has 3 amide bonds. The molecule has 0 heterocycles. The molecule has 0 saturated heterocycles. The zero-order chi connectivity index (χ0) is 26.0. The van der Waals surface area contributed by atoms with Gasteiger partial charge in [0.05, 0.1) is 6.04 Å². The van der Waals surface area contributed by atoms with Gasteiger partial charge in [-0.15, -0.1) is 0 Å². The molecular formula is C25H40N4O5. The second-order valence-corrected chi connectivity index (χ2v) is 9.47. The monoisotopic (exact) mass is 476 g/mol. The van der Waals surface area contributed by atoms with E-state index in [9.17, 15) is 24.3 Å². The number of aliphatic carboxylic acids is 1. The minimum absolute atomic E-state index is 0.216. The summed E-state index contributed by atoms with van der Waals surface area (Å²) in [5, 5.41) is 17.3. The molecule has 0 aliphatic carbocycles. The molecule has 0 spiro atoms. The highest BCUT2D eigenvalue weighted by Crippen LogP contribution is 2.12. The van der Waals surface area contributed by atoms with E-state index >= 15 is 0 Å². The van der Waals surface area contributed by atoms with Gasteiger partial charge in [-0.3, -0.25) is 14.4 Å². The SMILES string of the molecule is CCC(C)C(NC(=O)C(N)Cc1ccccc1)C(=O)NC(C(=O)NC(C(=O)O)C(C)C)C(C)C. The van der Waals surface area contributed by atoms with Gasteiger partial charge in [0.25, 0.3) is 0 Å². The lowest BCUT2D eigenvalue weighted by molar-refractivity contribution is -0.144. The van der Waals surface area contributed by atoms with Gasteiger partial charge in [0.2, 0.25) is 17.7 Å². The molecule has 0 fully saturated rings. The summed E-state index contributed by atoms with van der Waals surface area (Å²) in [5.74, 6) is -3.55. The van der Waals surface area contributed by atoms with Crippen LogP contribution in [0.3, 0.4) is 0 Å². The third-order valence-corrected chi connectivity index (χ3v) is 5.91. The van der Waals surface area contributed by atoms with Crippen molar-refractivity contribution in [2.45, 2.75) is 78.6 Å². The highest BCUT2D eigenvalue weighted by atomic mass is 16.4. The first-order chi connectivity index (χ1) is 15.9. The number of carboxylic acid groups (broad SMARTS) is 1. The molecule has 0 saturated carbocycles. The van der Waals surface area contributed by atoms with Crippen molar-refractivity contribution >= 4 is 23.7 Å². The molecular weight excluding hydrogens is 436 g/mol. The zero-order valence-corrected chi connectivity index (χ0v) is 21.0. The molecule has 5 unspecified atom stereocenters. The number of nitrogens with two attached hydrogens (primary N) is 1. The Kier molecular flexibility index (Phi) is 11.7. The Morgan fingerprint density at radius 1 is 0.794 bits per heavy atom. The van der Waals surface area contributed by atoms with E-state index in [0.29, 0.717) is 12.8 Å². The molecule has 190 valence electrons. The van der Waals surface area contributed by atoms with Gasteiger partial charge in [-0.1, -0.05) is 78.3 Å². The number of nitrogens with one attached hydrogen (secondary N) is 3. The number of rotatable bonds is 13. The van der Waals surface area contributed by atoms with Crippen molar-refractivity contribution < 1.29 is 24.3 Å². The van der Waals surface area contributed by atoms with Gasteiger partial charge in [-0.25, -0.2) is 4.79 Å². The lowest BCUT2D eigenvalue weighted by Gasteiger charge is -2.29. The number of hydrogen-bond acceptors (Lipinski definition) is 5. The molecule has 0 aliphatic heterocycles. The maximum atomic E-state index is 13.2. The van der Waals surface area contributed by atoms with E-state index in [4.69, 9.17) is 5.73 Å². The van der Waals surface area contributed by atoms with Crippen LogP contribution < -0.4 is 21.7 Å². The number of carbonyl (C=O) groups excluding carboxylic acids is 3. The molecule has 0 radical (unpaired) electrons. The van der Waals surface area contributed by atoms with Crippen LogP contribution in [0, 0.1) is 17.8 Å². The Morgan fingerprint density at radius 2 is 1.26 bits per heavy atom. The summed E-state index contributed by atoms with van der Waals surface area (Å²) in [5.41, 5.74) is 6.99. The average Bonchev–Trinajstić information content (AvgIpc) is 2.78. The lowest BCUT2D eigenvalue weighted by Crippen LogP contribution is -2.60. The number of carboxylic acids is 1. The summed E-state index contributed by atoms with van der Waals surface area (Å²) < 4.78 is 0. The number of hydrogen-bond donors (Lipinski definition) is 5. The fourth-order valence-electron chi connectivity index (χ4n) is 3.46. The smallest absolute Gasteiger partial charge is 0.326 e. The van der Waals surface area contributed by atoms with Crippen LogP contribution in [-0.4, -0.2) is 53.0 Å². The van der Waals surface area contributed by atoms with Crippen molar-refractivity contribution in [1.29, 1.82) is 0 Å². The summed E-state index contributed by atoms with van der Waals surface area (Å²) in [7, 11) is 0. The van der Waals surface area contributed by atoms with Crippen LogP contribution in [0.1, 0.15) is 53.5 Å². The highest BCUT2D eigenvalue weighted by Gasteiger charge is 2.34. The molecule has 34 heavy (non-hydrogen) atoms. The Labute approximate surface area is 202 Å². The van der Waals surface area contributed by atoms with E-state index < -0.39 is 47.9 Å².